The lowest BCUT2D eigenvalue weighted by Gasteiger charge is -2.26. The van der Waals surface area contributed by atoms with Gasteiger partial charge < -0.3 is 15.3 Å². The van der Waals surface area contributed by atoms with Crippen molar-refractivity contribution in [2.45, 2.75) is 45.7 Å². The summed E-state index contributed by atoms with van der Waals surface area (Å²) in [6, 6.07) is 6.16. The van der Waals surface area contributed by atoms with Gasteiger partial charge in [0.15, 0.2) is 0 Å². The molecular weight excluding hydrogens is 284 g/mol. The highest BCUT2D eigenvalue weighted by Gasteiger charge is 2.24. The lowest BCUT2D eigenvalue weighted by atomic mass is 10.1. The van der Waals surface area contributed by atoms with Crippen LogP contribution in [0.4, 0.5) is 5.69 Å². The summed E-state index contributed by atoms with van der Waals surface area (Å²) in [5, 5.41) is 13.4. The second-order valence-corrected chi connectivity index (χ2v) is 7.43. The summed E-state index contributed by atoms with van der Waals surface area (Å²) in [5.74, 6) is 0.606. The first-order valence-electron chi connectivity index (χ1n) is 7.78. The van der Waals surface area contributed by atoms with E-state index in [1.165, 1.54) is 11.3 Å². The predicted octanol–water partition coefficient (Wildman–Crippen LogP) is 3.44. The van der Waals surface area contributed by atoms with Crippen molar-refractivity contribution in [1.29, 1.82) is 0 Å². The van der Waals surface area contributed by atoms with E-state index in [4.69, 9.17) is 16.7 Å². The van der Waals surface area contributed by atoms with Gasteiger partial charge in [-0.2, -0.15) is 0 Å². The molecule has 0 spiro atoms. The maximum absolute atomic E-state index is 9.10. The van der Waals surface area contributed by atoms with Crippen LogP contribution < -0.4 is 10.2 Å². The Bertz CT molecular complexity index is 470. The third kappa shape index (κ3) is 4.87. The summed E-state index contributed by atoms with van der Waals surface area (Å²) in [6.45, 7) is 9.72. The van der Waals surface area contributed by atoms with Crippen LogP contribution in [0, 0.1) is 5.92 Å². The van der Waals surface area contributed by atoms with Crippen molar-refractivity contribution in [3.8, 4) is 0 Å². The first-order valence-corrected chi connectivity index (χ1v) is 8.16. The first kappa shape index (κ1) is 16.6. The average Bonchev–Trinajstić information content (AvgIpc) is 2.84. The van der Waals surface area contributed by atoms with Crippen molar-refractivity contribution in [3.63, 3.8) is 0 Å². The van der Waals surface area contributed by atoms with E-state index in [1.807, 2.05) is 6.07 Å². The zero-order valence-corrected chi connectivity index (χ0v) is 14.1. The van der Waals surface area contributed by atoms with Crippen LogP contribution in [0.2, 0.25) is 5.02 Å². The van der Waals surface area contributed by atoms with Gasteiger partial charge in [0.25, 0.3) is 0 Å². The smallest absolute Gasteiger partial charge is 0.0434 e. The van der Waals surface area contributed by atoms with Crippen LogP contribution in [0.15, 0.2) is 18.2 Å². The quantitative estimate of drug-likeness (QED) is 0.874. The van der Waals surface area contributed by atoms with Gasteiger partial charge in [-0.3, -0.25) is 0 Å². The van der Waals surface area contributed by atoms with Gasteiger partial charge in [0, 0.05) is 42.5 Å². The normalized spacial score (nSPS) is 19.3. The largest absolute Gasteiger partial charge is 0.396 e. The van der Waals surface area contributed by atoms with E-state index in [-0.39, 0.29) is 12.1 Å². The van der Waals surface area contributed by atoms with Crippen LogP contribution in [0.25, 0.3) is 0 Å². The number of aliphatic hydroxyl groups is 1. The summed E-state index contributed by atoms with van der Waals surface area (Å²) in [5.41, 5.74) is 2.61. The van der Waals surface area contributed by atoms with Crippen molar-refractivity contribution >= 4 is 17.3 Å². The number of nitrogens with one attached hydrogen (secondary N) is 1. The van der Waals surface area contributed by atoms with Gasteiger partial charge in [0.05, 0.1) is 0 Å². The van der Waals surface area contributed by atoms with Crippen molar-refractivity contribution in [2.75, 3.05) is 24.6 Å². The van der Waals surface area contributed by atoms with Crippen LogP contribution in [0.5, 0.6) is 0 Å². The highest BCUT2D eigenvalue weighted by molar-refractivity contribution is 6.30. The van der Waals surface area contributed by atoms with Crippen molar-refractivity contribution < 1.29 is 5.11 Å². The minimum atomic E-state index is 0.0873. The third-order valence-corrected chi connectivity index (χ3v) is 4.25. The van der Waals surface area contributed by atoms with Crippen LogP contribution in [-0.2, 0) is 6.54 Å². The molecule has 4 heteroatoms. The van der Waals surface area contributed by atoms with Crippen LogP contribution in [0.1, 0.15) is 39.2 Å². The standard InChI is InChI=1S/C17H27ClN2O/c1-17(2,3)19-11-14-10-15(18)4-5-16(14)20-8-6-13(12-20)7-9-21/h4-5,10,13,19,21H,6-9,11-12H2,1-3H3. The molecular formula is C17H27ClN2O. The SMILES string of the molecule is CC(C)(C)NCc1cc(Cl)ccc1N1CCC(CCO)C1. The molecule has 0 aromatic heterocycles. The molecule has 118 valence electrons. The summed E-state index contributed by atoms with van der Waals surface area (Å²) < 4.78 is 0. The van der Waals surface area contributed by atoms with Crippen LogP contribution in [-0.4, -0.2) is 30.3 Å². The molecule has 1 atom stereocenters. The summed E-state index contributed by atoms with van der Waals surface area (Å²) in [6.07, 6.45) is 2.06. The second-order valence-electron chi connectivity index (χ2n) is 6.99. The lowest BCUT2D eigenvalue weighted by Crippen LogP contribution is -2.35. The molecule has 3 nitrogen and oxygen atoms in total. The number of benzene rings is 1. The molecule has 0 bridgehead atoms. The molecule has 1 unspecified atom stereocenters. The van der Waals surface area contributed by atoms with E-state index in [1.54, 1.807) is 0 Å². The fraction of sp³-hybridized carbons (Fsp3) is 0.647. The van der Waals surface area contributed by atoms with Gasteiger partial charge in [-0.25, -0.2) is 0 Å². The average molecular weight is 311 g/mol. The van der Waals surface area contributed by atoms with Gasteiger partial charge in [-0.15, -0.1) is 0 Å². The Morgan fingerprint density at radius 3 is 2.81 bits per heavy atom. The number of rotatable bonds is 5. The molecule has 0 amide bonds. The Hall–Kier alpha value is -0.770. The summed E-state index contributed by atoms with van der Waals surface area (Å²) in [4.78, 5) is 2.43. The lowest BCUT2D eigenvalue weighted by molar-refractivity contribution is 0.263. The molecule has 0 aliphatic carbocycles. The molecule has 0 saturated carbocycles. The number of aliphatic hydroxyl groups excluding tert-OH is 1. The first-order chi connectivity index (χ1) is 9.89. The predicted molar refractivity (Wildman–Crippen MR) is 90.1 cm³/mol. The minimum Gasteiger partial charge on any atom is -0.396 e. The Morgan fingerprint density at radius 1 is 1.38 bits per heavy atom. The highest BCUT2D eigenvalue weighted by atomic mass is 35.5. The van der Waals surface area contributed by atoms with E-state index in [2.05, 4.69) is 43.1 Å². The number of halogens is 1. The number of anilines is 1. The maximum atomic E-state index is 9.10. The summed E-state index contributed by atoms with van der Waals surface area (Å²) >= 11 is 6.17. The number of nitrogens with zero attached hydrogens (tertiary/aromatic N) is 1. The van der Waals surface area contributed by atoms with E-state index >= 15 is 0 Å². The molecule has 1 aromatic carbocycles. The topological polar surface area (TPSA) is 35.5 Å². The molecule has 2 rings (SSSR count). The Kier molecular flexibility index (Phi) is 5.53. The molecule has 21 heavy (non-hydrogen) atoms. The molecule has 1 aliphatic rings. The number of hydrogen-bond acceptors (Lipinski definition) is 3. The molecule has 1 aromatic rings. The second kappa shape index (κ2) is 6.99. The molecule has 1 saturated heterocycles. The van der Waals surface area contributed by atoms with Crippen molar-refractivity contribution in [1.82, 2.24) is 5.32 Å². The molecule has 0 radical (unpaired) electrons. The molecule has 1 aliphatic heterocycles. The van der Waals surface area contributed by atoms with Gasteiger partial charge in [-0.1, -0.05) is 11.6 Å². The Balaban J connectivity index is 2.12. The maximum Gasteiger partial charge on any atom is 0.0434 e. The Morgan fingerprint density at radius 2 is 2.14 bits per heavy atom. The van der Waals surface area contributed by atoms with Crippen molar-refractivity contribution in [3.05, 3.63) is 28.8 Å². The van der Waals surface area contributed by atoms with E-state index in [0.29, 0.717) is 5.92 Å². The van der Waals surface area contributed by atoms with Gasteiger partial charge in [-0.05, 0) is 63.3 Å². The monoisotopic (exact) mass is 310 g/mol. The Labute approximate surface area is 133 Å². The third-order valence-electron chi connectivity index (χ3n) is 4.01. The zero-order chi connectivity index (χ0) is 15.5. The summed E-state index contributed by atoms with van der Waals surface area (Å²) in [7, 11) is 0. The molecule has 2 N–H and O–H groups in total. The van der Waals surface area contributed by atoms with Crippen molar-refractivity contribution in [2.24, 2.45) is 5.92 Å². The van der Waals surface area contributed by atoms with Crippen LogP contribution in [0.3, 0.4) is 0 Å². The fourth-order valence-electron chi connectivity index (χ4n) is 2.83. The number of hydrogen-bond donors (Lipinski definition) is 2. The molecule has 1 heterocycles. The minimum absolute atomic E-state index is 0.0873. The van der Waals surface area contributed by atoms with Crippen LogP contribution >= 0.6 is 11.6 Å². The molecule has 1 fully saturated rings. The van der Waals surface area contributed by atoms with E-state index in [9.17, 15) is 0 Å². The van der Waals surface area contributed by atoms with E-state index < -0.39 is 0 Å². The zero-order valence-electron chi connectivity index (χ0n) is 13.3. The van der Waals surface area contributed by atoms with Gasteiger partial charge in [0.2, 0.25) is 0 Å². The van der Waals surface area contributed by atoms with Gasteiger partial charge in [0.1, 0.15) is 0 Å². The van der Waals surface area contributed by atoms with Gasteiger partial charge >= 0.3 is 0 Å². The highest BCUT2D eigenvalue weighted by Crippen LogP contribution is 2.30. The fourth-order valence-corrected chi connectivity index (χ4v) is 3.03. The van der Waals surface area contributed by atoms with E-state index in [0.717, 1.165) is 37.5 Å².